The molecule has 0 spiro atoms. The molecule has 1 aliphatic rings. The molecule has 1 aromatic rings. The van der Waals surface area contributed by atoms with Gasteiger partial charge in [0.2, 0.25) is 0 Å². The van der Waals surface area contributed by atoms with Gasteiger partial charge in [-0.1, -0.05) is 0 Å². The van der Waals surface area contributed by atoms with Crippen molar-refractivity contribution >= 4 is 15.9 Å². The first-order chi connectivity index (χ1) is 8.74. The molecule has 0 atom stereocenters. The fourth-order valence-electron chi connectivity index (χ4n) is 1.63. The first-order valence-corrected chi connectivity index (χ1v) is 6.81. The van der Waals surface area contributed by atoms with E-state index in [1.807, 2.05) is 12.1 Å². The van der Waals surface area contributed by atoms with Crippen LogP contribution in [0.4, 0.5) is 0 Å². The van der Waals surface area contributed by atoms with E-state index in [-0.39, 0.29) is 6.79 Å². The smallest absolute Gasteiger partial charge is 0.189 e. The number of ether oxygens (including phenoxy) is 3. The summed E-state index contributed by atoms with van der Waals surface area (Å²) in [5.74, 6) is 2.06. The van der Waals surface area contributed by atoms with Crippen molar-refractivity contribution in [1.82, 2.24) is 0 Å². The third-order valence-electron chi connectivity index (χ3n) is 2.86. The van der Waals surface area contributed by atoms with Crippen molar-refractivity contribution in [2.75, 3.05) is 20.5 Å². The van der Waals surface area contributed by atoms with E-state index in [1.54, 1.807) is 7.11 Å². The minimum absolute atomic E-state index is 0.243. The van der Waals surface area contributed by atoms with Crippen molar-refractivity contribution in [2.24, 2.45) is 11.7 Å². The lowest BCUT2D eigenvalue weighted by Gasteiger charge is -2.14. The second-order valence-corrected chi connectivity index (χ2v) is 5.24. The summed E-state index contributed by atoms with van der Waals surface area (Å²) >= 11 is 3.46. The predicted molar refractivity (Wildman–Crippen MR) is 72.8 cm³/mol. The van der Waals surface area contributed by atoms with E-state index in [0.29, 0.717) is 18.0 Å². The number of hydrogen-bond acceptors (Lipinski definition) is 4. The molecule has 1 fully saturated rings. The van der Waals surface area contributed by atoms with E-state index < -0.39 is 0 Å². The van der Waals surface area contributed by atoms with Crippen molar-refractivity contribution in [3.63, 3.8) is 0 Å². The van der Waals surface area contributed by atoms with Crippen LogP contribution in [0.1, 0.15) is 18.4 Å². The van der Waals surface area contributed by atoms with Crippen LogP contribution < -0.4 is 15.2 Å². The van der Waals surface area contributed by atoms with Gasteiger partial charge in [0.25, 0.3) is 0 Å². The molecule has 2 N–H and O–H groups in total. The van der Waals surface area contributed by atoms with Crippen molar-refractivity contribution < 1.29 is 14.2 Å². The van der Waals surface area contributed by atoms with E-state index >= 15 is 0 Å². The fourth-order valence-corrected chi connectivity index (χ4v) is 2.23. The maximum Gasteiger partial charge on any atom is 0.189 e. The molecule has 1 aliphatic carbocycles. The number of benzene rings is 1. The van der Waals surface area contributed by atoms with Gasteiger partial charge in [-0.3, -0.25) is 0 Å². The van der Waals surface area contributed by atoms with Crippen LogP contribution in [0.5, 0.6) is 11.5 Å². The maximum absolute atomic E-state index is 5.61. The van der Waals surface area contributed by atoms with Gasteiger partial charge in [-0.05, 0) is 52.4 Å². The summed E-state index contributed by atoms with van der Waals surface area (Å²) in [5.41, 5.74) is 6.60. The Morgan fingerprint density at radius 2 is 2.17 bits per heavy atom. The first-order valence-electron chi connectivity index (χ1n) is 6.01. The molecule has 1 saturated carbocycles. The molecular weight excluding hydrogens is 298 g/mol. The molecule has 0 saturated heterocycles. The number of halogens is 1. The summed E-state index contributed by atoms with van der Waals surface area (Å²) in [7, 11) is 1.61. The van der Waals surface area contributed by atoms with Crippen LogP contribution in [0.3, 0.4) is 0 Å². The Morgan fingerprint density at radius 1 is 1.39 bits per heavy atom. The maximum atomic E-state index is 5.61. The largest absolute Gasteiger partial charge is 0.493 e. The lowest BCUT2D eigenvalue weighted by Crippen LogP contribution is -2.07. The van der Waals surface area contributed by atoms with Crippen molar-refractivity contribution in [2.45, 2.75) is 19.4 Å². The Labute approximate surface area is 116 Å². The van der Waals surface area contributed by atoms with Crippen LogP contribution in [0.25, 0.3) is 0 Å². The zero-order chi connectivity index (χ0) is 13.0. The molecule has 18 heavy (non-hydrogen) atoms. The van der Waals surface area contributed by atoms with E-state index in [2.05, 4.69) is 15.9 Å². The van der Waals surface area contributed by atoms with Gasteiger partial charge in [0.1, 0.15) is 0 Å². The molecule has 0 aromatic heterocycles. The van der Waals surface area contributed by atoms with E-state index in [9.17, 15) is 0 Å². The van der Waals surface area contributed by atoms with Gasteiger partial charge < -0.3 is 19.9 Å². The summed E-state index contributed by atoms with van der Waals surface area (Å²) in [4.78, 5) is 0. The molecule has 2 rings (SSSR count). The van der Waals surface area contributed by atoms with E-state index in [0.717, 1.165) is 22.6 Å². The van der Waals surface area contributed by atoms with Gasteiger partial charge >= 0.3 is 0 Å². The number of nitrogens with two attached hydrogens (primary N) is 1. The molecule has 0 amide bonds. The molecule has 100 valence electrons. The molecule has 0 aliphatic heterocycles. The number of rotatable bonds is 7. The van der Waals surface area contributed by atoms with Crippen molar-refractivity contribution in [3.05, 3.63) is 22.2 Å². The summed E-state index contributed by atoms with van der Waals surface area (Å²) < 4.78 is 17.2. The van der Waals surface area contributed by atoms with Crippen molar-refractivity contribution in [1.29, 1.82) is 0 Å². The van der Waals surface area contributed by atoms with Crippen LogP contribution in [-0.4, -0.2) is 20.5 Å². The predicted octanol–water partition coefficient (Wildman–Crippen LogP) is 2.68. The quantitative estimate of drug-likeness (QED) is 0.621. The van der Waals surface area contributed by atoms with Gasteiger partial charge in [0.05, 0.1) is 18.2 Å². The highest BCUT2D eigenvalue weighted by Crippen LogP contribution is 2.36. The van der Waals surface area contributed by atoms with Crippen molar-refractivity contribution in [3.8, 4) is 11.5 Å². The van der Waals surface area contributed by atoms with Crippen LogP contribution in [-0.2, 0) is 11.3 Å². The van der Waals surface area contributed by atoms with Gasteiger partial charge in [0, 0.05) is 6.54 Å². The standard InChI is InChI=1S/C13H18BrNO3/c1-16-12-5-10(6-15)4-11(14)13(12)18-8-17-7-9-2-3-9/h4-5,9H,2-3,6-8,15H2,1H3. The lowest BCUT2D eigenvalue weighted by atomic mass is 10.2. The summed E-state index contributed by atoms with van der Waals surface area (Å²) in [5, 5.41) is 0. The van der Waals surface area contributed by atoms with E-state index in [1.165, 1.54) is 12.8 Å². The average molecular weight is 316 g/mol. The molecule has 0 unspecified atom stereocenters. The Balaban J connectivity index is 1.96. The Hall–Kier alpha value is -0.780. The Bertz CT molecular complexity index is 407. The van der Waals surface area contributed by atoms with Crippen LogP contribution in [0.2, 0.25) is 0 Å². The highest BCUT2D eigenvalue weighted by atomic mass is 79.9. The minimum Gasteiger partial charge on any atom is -0.493 e. The Morgan fingerprint density at radius 3 is 2.78 bits per heavy atom. The zero-order valence-corrected chi connectivity index (χ0v) is 12.0. The molecule has 0 radical (unpaired) electrons. The van der Waals surface area contributed by atoms with Crippen LogP contribution in [0.15, 0.2) is 16.6 Å². The average Bonchev–Trinajstić information content (AvgIpc) is 3.19. The molecular formula is C13H18BrNO3. The summed E-state index contributed by atoms with van der Waals surface area (Å²) in [6.45, 7) is 1.49. The van der Waals surface area contributed by atoms with Gasteiger partial charge in [-0.25, -0.2) is 0 Å². The molecule has 0 heterocycles. The minimum atomic E-state index is 0.243. The second-order valence-electron chi connectivity index (χ2n) is 4.39. The monoisotopic (exact) mass is 315 g/mol. The molecule has 1 aromatic carbocycles. The SMILES string of the molecule is COc1cc(CN)cc(Br)c1OCOCC1CC1. The van der Waals surface area contributed by atoms with Gasteiger partial charge in [0.15, 0.2) is 18.3 Å². The topological polar surface area (TPSA) is 53.7 Å². The normalized spacial score (nSPS) is 14.6. The second kappa shape index (κ2) is 6.41. The third kappa shape index (κ3) is 3.60. The third-order valence-corrected chi connectivity index (χ3v) is 3.45. The Kier molecular flexibility index (Phi) is 4.86. The summed E-state index contributed by atoms with van der Waals surface area (Å²) in [6, 6.07) is 3.81. The number of methoxy groups -OCH3 is 1. The molecule has 5 heteroatoms. The molecule has 4 nitrogen and oxygen atoms in total. The highest BCUT2D eigenvalue weighted by Gasteiger charge is 2.21. The first kappa shape index (κ1) is 13.6. The lowest BCUT2D eigenvalue weighted by molar-refractivity contribution is 0.00821. The summed E-state index contributed by atoms with van der Waals surface area (Å²) in [6.07, 6.45) is 2.55. The van der Waals surface area contributed by atoms with Gasteiger partial charge in [-0.15, -0.1) is 0 Å². The van der Waals surface area contributed by atoms with Gasteiger partial charge in [-0.2, -0.15) is 0 Å². The molecule has 0 bridgehead atoms. The highest BCUT2D eigenvalue weighted by molar-refractivity contribution is 9.10. The van der Waals surface area contributed by atoms with E-state index in [4.69, 9.17) is 19.9 Å². The van der Waals surface area contributed by atoms with Crippen LogP contribution in [0, 0.1) is 5.92 Å². The number of hydrogen-bond donors (Lipinski definition) is 1. The fraction of sp³-hybridized carbons (Fsp3) is 0.538. The van der Waals surface area contributed by atoms with Crippen LogP contribution >= 0.6 is 15.9 Å². The zero-order valence-electron chi connectivity index (χ0n) is 10.4.